The minimum Gasteiger partial charge on any atom is -0.466 e. The van der Waals surface area contributed by atoms with Crippen molar-refractivity contribution in [3.8, 4) is 0 Å². The van der Waals surface area contributed by atoms with Crippen LogP contribution in [0.5, 0.6) is 0 Å². The van der Waals surface area contributed by atoms with Gasteiger partial charge in [-0.2, -0.15) is 0 Å². The second-order valence-electron chi connectivity index (χ2n) is 5.54. The number of hydrogen-bond acceptors (Lipinski definition) is 3. The average molecular weight is 268 g/mol. The van der Waals surface area contributed by atoms with Crippen LogP contribution in [0, 0.1) is 0 Å². The fraction of sp³-hybridized carbons (Fsp3) is 0.875. The van der Waals surface area contributed by atoms with Gasteiger partial charge in [0.1, 0.15) is 5.78 Å². The van der Waals surface area contributed by atoms with E-state index in [1.165, 1.54) is 32.1 Å². The Kier molecular flexibility index (Phi) is 9.38. The number of carbonyl (C=O) groups excluding carboxylic acids is 2. The van der Waals surface area contributed by atoms with Gasteiger partial charge in [0.2, 0.25) is 0 Å². The van der Waals surface area contributed by atoms with E-state index < -0.39 is 0 Å². The molecule has 0 unspecified atom stereocenters. The highest BCUT2D eigenvalue weighted by atomic mass is 16.5. The summed E-state index contributed by atoms with van der Waals surface area (Å²) in [6.07, 6.45) is 12.9. The summed E-state index contributed by atoms with van der Waals surface area (Å²) >= 11 is 0. The lowest BCUT2D eigenvalue weighted by atomic mass is 10.0. The molecule has 19 heavy (non-hydrogen) atoms. The Morgan fingerprint density at radius 3 is 1.68 bits per heavy atom. The molecule has 1 fully saturated rings. The molecule has 0 saturated carbocycles. The van der Waals surface area contributed by atoms with Crippen molar-refractivity contribution in [2.24, 2.45) is 0 Å². The summed E-state index contributed by atoms with van der Waals surface area (Å²) < 4.78 is 5.15. The molecular weight excluding hydrogens is 240 g/mol. The van der Waals surface area contributed by atoms with Gasteiger partial charge >= 0.3 is 5.97 Å². The van der Waals surface area contributed by atoms with Crippen LogP contribution in [0.1, 0.15) is 83.5 Å². The van der Waals surface area contributed by atoms with Gasteiger partial charge in [0.05, 0.1) is 6.61 Å². The van der Waals surface area contributed by atoms with Gasteiger partial charge in [-0.3, -0.25) is 9.59 Å². The third-order valence-corrected chi connectivity index (χ3v) is 3.70. The topological polar surface area (TPSA) is 43.4 Å². The van der Waals surface area contributed by atoms with E-state index in [-0.39, 0.29) is 5.97 Å². The van der Waals surface area contributed by atoms with Gasteiger partial charge in [-0.15, -0.1) is 0 Å². The van der Waals surface area contributed by atoms with E-state index in [4.69, 9.17) is 4.74 Å². The third-order valence-electron chi connectivity index (χ3n) is 3.70. The molecule has 0 aromatic carbocycles. The Morgan fingerprint density at radius 1 is 0.579 bits per heavy atom. The third kappa shape index (κ3) is 9.69. The van der Waals surface area contributed by atoms with Gasteiger partial charge in [0, 0.05) is 19.3 Å². The molecule has 110 valence electrons. The highest BCUT2D eigenvalue weighted by Gasteiger charge is 2.05. The van der Waals surface area contributed by atoms with Crippen LogP contribution in [0.15, 0.2) is 0 Å². The first-order valence-electron chi connectivity index (χ1n) is 7.96. The lowest BCUT2D eigenvalue weighted by molar-refractivity contribution is -0.143. The molecule has 0 atom stereocenters. The first kappa shape index (κ1) is 16.2. The van der Waals surface area contributed by atoms with Crippen molar-refractivity contribution in [3.05, 3.63) is 0 Å². The van der Waals surface area contributed by atoms with Gasteiger partial charge in [0.25, 0.3) is 0 Å². The SMILES string of the molecule is O=C1CCCCCCCCCCC(=O)OCCCC1. The van der Waals surface area contributed by atoms with Crippen LogP contribution < -0.4 is 0 Å². The molecule has 0 N–H and O–H groups in total. The first-order chi connectivity index (χ1) is 9.29. The average Bonchev–Trinajstić information content (AvgIpc) is 2.39. The monoisotopic (exact) mass is 268 g/mol. The Balaban J connectivity index is 2.21. The Hall–Kier alpha value is -0.860. The maximum absolute atomic E-state index is 11.6. The number of Topliss-reactive ketones (excluding diaryl/α,β-unsaturated/α-hetero) is 1. The Bertz CT molecular complexity index is 235. The predicted octanol–water partition coefficient (Wildman–Crippen LogP) is 4.18. The molecule has 1 aliphatic heterocycles. The molecule has 0 amide bonds. The van der Waals surface area contributed by atoms with Crippen molar-refractivity contribution in [2.75, 3.05) is 6.61 Å². The summed E-state index contributed by atoms with van der Waals surface area (Å²) in [6, 6.07) is 0. The van der Waals surface area contributed by atoms with Crippen LogP contribution >= 0.6 is 0 Å². The molecule has 0 aromatic heterocycles. The minimum atomic E-state index is -0.0735. The van der Waals surface area contributed by atoms with Crippen molar-refractivity contribution >= 4 is 11.8 Å². The van der Waals surface area contributed by atoms with Crippen molar-refractivity contribution in [2.45, 2.75) is 83.5 Å². The molecule has 1 saturated heterocycles. The van der Waals surface area contributed by atoms with Crippen molar-refractivity contribution in [3.63, 3.8) is 0 Å². The molecular formula is C16H28O3. The van der Waals surface area contributed by atoms with Crippen molar-refractivity contribution < 1.29 is 14.3 Å². The maximum atomic E-state index is 11.6. The first-order valence-corrected chi connectivity index (χ1v) is 7.96. The number of hydrogen-bond donors (Lipinski definition) is 0. The van der Waals surface area contributed by atoms with Crippen LogP contribution in [-0.4, -0.2) is 18.4 Å². The van der Waals surface area contributed by atoms with Gasteiger partial charge in [-0.25, -0.2) is 0 Å². The van der Waals surface area contributed by atoms with E-state index in [1.807, 2.05) is 0 Å². The summed E-state index contributed by atoms with van der Waals surface area (Å²) in [5.41, 5.74) is 0. The van der Waals surface area contributed by atoms with E-state index in [0.29, 0.717) is 25.2 Å². The molecule has 0 aromatic rings. The van der Waals surface area contributed by atoms with E-state index in [0.717, 1.165) is 38.5 Å². The minimum absolute atomic E-state index is 0.0735. The fourth-order valence-electron chi connectivity index (χ4n) is 2.46. The molecule has 3 heteroatoms. The van der Waals surface area contributed by atoms with Crippen LogP contribution in [0.3, 0.4) is 0 Å². The number of ether oxygens (including phenoxy) is 1. The highest BCUT2D eigenvalue weighted by Crippen LogP contribution is 2.12. The van der Waals surface area contributed by atoms with Crippen molar-refractivity contribution in [1.29, 1.82) is 0 Å². The number of esters is 1. The molecule has 1 rings (SSSR count). The molecule has 1 heterocycles. The normalized spacial score (nSPS) is 22.5. The molecule has 3 nitrogen and oxygen atoms in total. The zero-order valence-corrected chi connectivity index (χ0v) is 12.1. The van der Waals surface area contributed by atoms with Gasteiger partial charge < -0.3 is 4.74 Å². The Morgan fingerprint density at radius 2 is 1.05 bits per heavy atom. The van der Waals surface area contributed by atoms with Crippen molar-refractivity contribution in [1.82, 2.24) is 0 Å². The second kappa shape index (κ2) is 11.0. The van der Waals surface area contributed by atoms with E-state index >= 15 is 0 Å². The zero-order chi connectivity index (χ0) is 13.8. The second-order valence-corrected chi connectivity index (χ2v) is 5.54. The van der Waals surface area contributed by atoms with Crippen LogP contribution in [0.25, 0.3) is 0 Å². The van der Waals surface area contributed by atoms with Crippen LogP contribution in [-0.2, 0) is 14.3 Å². The standard InChI is InChI=1S/C16H28O3/c17-15-11-7-5-3-1-2-4-6-8-13-16(18)19-14-10-9-12-15/h1-14H2. The Labute approximate surface area is 117 Å². The van der Waals surface area contributed by atoms with E-state index in [9.17, 15) is 9.59 Å². The predicted molar refractivity (Wildman–Crippen MR) is 76.0 cm³/mol. The lowest BCUT2D eigenvalue weighted by Gasteiger charge is -2.04. The smallest absolute Gasteiger partial charge is 0.305 e. The number of cyclic esters (lactones) is 1. The van der Waals surface area contributed by atoms with Crippen LogP contribution in [0.2, 0.25) is 0 Å². The maximum Gasteiger partial charge on any atom is 0.305 e. The number of carbonyl (C=O) groups is 2. The van der Waals surface area contributed by atoms with Gasteiger partial charge in [-0.1, -0.05) is 38.5 Å². The lowest BCUT2D eigenvalue weighted by Crippen LogP contribution is -2.06. The van der Waals surface area contributed by atoms with E-state index in [2.05, 4.69) is 0 Å². The van der Waals surface area contributed by atoms with E-state index in [1.54, 1.807) is 0 Å². The highest BCUT2D eigenvalue weighted by molar-refractivity contribution is 5.78. The largest absolute Gasteiger partial charge is 0.466 e. The number of ketones is 1. The summed E-state index contributed by atoms with van der Waals surface area (Å²) in [4.78, 5) is 23.0. The summed E-state index contributed by atoms with van der Waals surface area (Å²) in [5.74, 6) is 0.297. The molecule has 1 aliphatic rings. The van der Waals surface area contributed by atoms with Gasteiger partial charge in [-0.05, 0) is 25.7 Å². The summed E-state index contributed by atoms with van der Waals surface area (Å²) in [7, 11) is 0. The quantitative estimate of drug-likeness (QED) is 0.619. The molecule has 0 spiro atoms. The van der Waals surface area contributed by atoms with Gasteiger partial charge in [0.15, 0.2) is 0 Å². The number of rotatable bonds is 0. The van der Waals surface area contributed by atoms with Crippen LogP contribution in [0.4, 0.5) is 0 Å². The zero-order valence-electron chi connectivity index (χ0n) is 12.1. The summed E-state index contributed by atoms with van der Waals surface area (Å²) in [5, 5.41) is 0. The molecule has 0 bridgehead atoms. The summed E-state index contributed by atoms with van der Waals surface area (Å²) in [6.45, 7) is 0.478. The molecule has 0 radical (unpaired) electrons. The molecule has 0 aliphatic carbocycles. The fourth-order valence-corrected chi connectivity index (χ4v) is 2.46.